The quantitative estimate of drug-likeness (QED) is 0.358. The van der Waals surface area contributed by atoms with E-state index >= 15 is 0 Å². The van der Waals surface area contributed by atoms with Gasteiger partial charge in [0, 0.05) is 0 Å². The molecule has 0 unspecified atom stereocenters. The first kappa shape index (κ1) is 19.3. The SMILES string of the molecule is CCCCCCOC(=O)CCC(=O)OCC.[NaH]. The number of unbranched alkanes of at least 4 members (excludes halogenated alkanes) is 3. The van der Waals surface area contributed by atoms with E-state index in [1.807, 2.05) is 0 Å². The molecule has 0 bridgehead atoms. The van der Waals surface area contributed by atoms with Crippen LogP contribution in [0.2, 0.25) is 0 Å². The maximum absolute atomic E-state index is 11.2. The average Bonchev–Trinajstić information content (AvgIpc) is 2.26. The standard InChI is InChI=1S/C12H22O4.Na.H/c1-3-5-6-7-10-16-12(14)9-8-11(13)15-4-2;;/h3-10H2,1-2H3;;. The van der Waals surface area contributed by atoms with Crippen molar-refractivity contribution in [3.05, 3.63) is 0 Å². The number of ether oxygens (including phenoxy) is 2. The molecular weight excluding hydrogens is 231 g/mol. The summed E-state index contributed by atoms with van der Waals surface area (Å²) in [5, 5.41) is 0. The second-order valence-electron chi connectivity index (χ2n) is 3.59. The summed E-state index contributed by atoms with van der Waals surface area (Å²) in [6.45, 7) is 4.68. The summed E-state index contributed by atoms with van der Waals surface area (Å²) in [6, 6.07) is 0. The topological polar surface area (TPSA) is 52.6 Å². The van der Waals surface area contributed by atoms with Gasteiger partial charge in [-0.05, 0) is 13.3 Å². The van der Waals surface area contributed by atoms with Crippen LogP contribution < -0.4 is 0 Å². The van der Waals surface area contributed by atoms with Gasteiger partial charge in [0.2, 0.25) is 0 Å². The van der Waals surface area contributed by atoms with E-state index < -0.39 is 0 Å². The summed E-state index contributed by atoms with van der Waals surface area (Å²) in [5.74, 6) is -0.657. The molecule has 4 nitrogen and oxygen atoms in total. The Labute approximate surface area is 126 Å². The van der Waals surface area contributed by atoms with Gasteiger partial charge < -0.3 is 9.47 Å². The van der Waals surface area contributed by atoms with Crippen molar-refractivity contribution in [2.75, 3.05) is 13.2 Å². The summed E-state index contributed by atoms with van der Waals surface area (Å²) in [5.41, 5.74) is 0. The summed E-state index contributed by atoms with van der Waals surface area (Å²) in [7, 11) is 0. The molecule has 5 heteroatoms. The molecule has 0 aliphatic rings. The van der Waals surface area contributed by atoms with Gasteiger partial charge in [-0.3, -0.25) is 9.59 Å². The van der Waals surface area contributed by atoms with E-state index in [1.165, 1.54) is 6.42 Å². The van der Waals surface area contributed by atoms with Crippen LogP contribution in [0.25, 0.3) is 0 Å². The molecule has 0 aromatic carbocycles. The molecule has 0 atom stereocenters. The Morgan fingerprint density at radius 1 is 0.882 bits per heavy atom. The monoisotopic (exact) mass is 254 g/mol. The predicted molar refractivity (Wildman–Crippen MR) is 68.1 cm³/mol. The molecule has 0 N–H and O–H groups in total. The molecule has 0 aromatic rings. The molecule has 0 fully saturated rings. The fraction of sp³-hybridized carbons (Fsp3) is 0.833. The molecule has 96 valence electrons. The van der Waals surface area contributed by atoms with E-state index in [4.69, 9.17) is 9.47 Å². The zero-order valence-electron chi connectivity index (χ0n) is 10.3. The van der Waals surface area contributed by atoms with Crippen LogP contribution >= 0.6 is 0 Å². The van der Waals surface area contributed by atoms with E-state index in [0.717, 1.165) is 19.3 Å². The minimum absolute atomic E-state index is 0. The van der Waals surface area contributed by atoms with E-state index in [-0.39, 0.29) is 54.3 Å². The van der Waals surface area contributed by atoms with E-state index in [1.54, 1.807) is 6.92 Å². The van der Waals surface area contributed by atoms with E-state index in [9.17, 15) is 9.59 Å². The number of carbonyl (C=O) groups is 2. The predicted octanol–water partition coefficient (Wildman–Crippen LogP) is 1.80. The fourth-order valence-corrected chi connectivity index (χ4v) is 1.22. The Balaban J connectivity index is 0. The second-order valence-corrected chi connectivity index (χ2v) is 3.59. The Bertz CT molecular complexity index is 207. The molecule has 17 heavy (non-hydrogen) atoms. The summed E-state index contributed by atoms with van der Waals surface area (Å²) >= 11 is 0. The third kappa shape index (κ3) is 13.9. The van der Waals surface area contributed by atoms with Crippen LogP contribution in [-0.2, 0) is 19.1 Å². The molecule has 0 spiro atoms. The summed E-state index contributed by atoms with van der Waals surface area (Å²) in [4.78, 5) is 22.1. The molecule has 0 aromatic heterocycles. The first-order valence-corrected chi connectivity index (χ1v) is 6.02. The van der Waals surface area contributed by atoms with Crippen molar-refractivity contribution in [2.24, 2.45) is 0 Å². The molecule has 0 saturated heterocycles. The maximum atomic E-state index is 11.2. The van der Waals surface area contributed by atoms with Crippen LogP contribution in [0.4, 0.5) is 0 Å². The van der Waals surface area contributed by atoms with Crippen LogP contribution in [0.1, 0.15) is 52.4 Å². The van der Waals surface area contributed by atoms with Gasteiger partial charge in [0.05, 0.1) is 26.1 Å². The number of hydrogen-bond donors (Lipinski definition) is 0. The van der Waals surface area contributed by atoms with Crippen LogP contribution in [-0.4, -0.2) is 54.7 Å². The van der Waals surface area contributed by atoms with Crippen molar-refractivity contribution in [3.8, 4) is 0 Å². The Hall–Kier alpha value is -0.0600. The number of rotatable bonds is 9. The van der Waals surface area contributed by atoms with Gasteiger partial charge in [0.1, 0.15) is 0 Å². The van der Waals surface area contributed by atoms with Crippen LogP contribution in [0.15, 0.2) is 0 Å². The van der Waals surface area contributed by atoms with Crippen molar-refractivity contribution >= 4 is 41.5 Å². The van der Waals surface area contributed by atoms with Gasteiger partial charge in [-0.1, -0.05) is 26.2 Å². The first-order chi connectivity index (χ1) is 7.70. The van der Waals surface area contributed by atoms with Crippen LogP contribution in [0, 0.1) is 0 Å². The van der Waals surface area contributed by atoms with Gasteiger partial charge in [0.15, 0.2) is 0 Å². The molecular formula is C12H23NaO4. The second kappa shape index (κ2) is 14.0. The normalized spacial score (nSPS) is 9.29. The number of hydrogen-bond acceptors (Lipinski definition) is 4. The van der Waals surface area contributed by atoms with E-state index in [0.29, 0.717) is 13.2 Å². The molecule has 0 aliphatic heterocycles. The third-order valence-corrected chi connectivity index (χ3v) is 2.10. The molecule has 0 aliphatic carbocycles. The van der Waals surface area contributed by atoms with Crippen molar-refractivity contribution in [1.82, 2.24) is 0 Å². The molecule has 0 amide bonds. The van der Waals surface area contributed by atoms with Crippen LogP contribution in [0.5, 0.6) is 0 Å². The Morgan fingerprint density at radius 3 is 2.00 bits per heavy atom. The van der Waals surface area contributed by atoms with Crippen molar-refractivity contribution < 1.29 is 19.1 Å². The Kier molecular flexibility index (Phi) is 15.9. The fourth-order valence-electron chi connectivity index (χ4n) is 1.22. The van der Waals surface area contributed by atoms with Gasteiger partial charge in [-0.25, -0.2) is 0 Å². The zero-order chi connectivity index (χ0) is 12.2. The first-order valence-electron chi connectivity index (χ1n) is 6.02. The molecule has 0 heterocycles. The molecule has 0 radical (unpaired) electrons. The van der Waals surface area contributed by atoms with Crippen LogP contribution in [0.3, 0.4) is 0 Å². The minimum atomic E-state index is -0.342. The third-order valence-electron chi connectivity index (χ3n) is 2.10. The number of esters is 2. The average molecular weight is 254 g/mol. The zero-order valence-corrected chi connectivity index (χ0v) is 10.3. The summed E-state index contributed by atoms with van der Waals surface area (Å²) in [6.07, 6.45) is 4.55. The molecule has 0 rings (SSSR count). The summed E-state index contributed by atoms with van der Waals surface area (Å²) < 4.78 is 9.67. The van der Waals surface area contributed by atoms with Crippen molar-refractivity contribution in [1.29, 1.82) is 0 Å². The van der Waals surface area contributed by atoms with Crippen molar-refractivity contribution in [2.45, 2.75) is 52.4 Å². The van der Waals surface area contributed by atoms with Gasteiger partial charge in [0.25, 0.3) is 0 Å². The Morgan fingerprint density at radius 2 is 1.47 bits per heavy atom. The molecule has 0 saturated carbocycles. The van der Waals surface area contributed by atoms with Gasteiger partial charge >= 0.3 is 41.5 Å². The van der Waals surface area contributed by atoms with E-state index in [2.05, 4.69) is 6.92 Å². The van der Waals surface area contributed by atoms with Gasteiger partial charge in [-0.2, -0.15) is 0 Å². The van der Waals surface area contributed by atoms with Crippen molar-refractivity contribution in [3.63, 3.8) is 0 Å². The number of carbonyl (C=O) groups excluding carboxylic acids is 2. The van der Waals surface area contributed by atoms with Gasteiger partial charge in [-0.15, -0.1) is 0 Å².